The number of benzene rings is 2. The van der Waals surface area contributed by atoms with Crippen molar-refractivity contribution in [3.05, 3.63) is 84.6 Å². The third kappa shape index (κ3) is 4.49. The van der Waals surface area contributed by atoms with Crippen LogP contribution in [0.5, 0.6) is 0 Å². The van der Waals surface area contributed by atoms with Gasteiger partial charge in [0.1, 0.15) is 10.7 Å². The van der Waals surface area contributed by atoms with Crippen molar-refractivity contribution in [2.45, 2.75) is 17.9 Å². The Morgan fingerprint density at radius 1 is 1.00 bits per heavy atom. The smallest absolute Gasteiger partial charge is 0.265 e. The molecule has 0 unspecified atom stereocenters. The van der Waals surface area contributed by atoms with Gasteiger partial charge < -0.3 is 10.4 Å². The average molecular weight is 398 g/mol. The van der Waals surface area contributed by atoms with E-state index in [0.29, 0.717) is 18.1 Å². The van der Waals surface area contributed by atoms with Crippen molar-refractivity contribution in [1.29, 1.82) is 0 Å². The number of pyridine rings is 1. The van der Waals surface area contributed by atoms with Gasteiger partial charge in [-0.2, -0.15) is 0 Å². The molecule has 7 heteroatoms. The standard InChI is InChI=1S/C21H23N3O3S/c1-2-24(18-11-7-4-8-12-18)28(26,27)19-13-14-21(22-15-19)23-16-20(25)17-9-5-3-6-10-17/h3-15,20,25H,2,16H2,1H3,(H,22,23)/t20-/m0/s1. The summed E-state index contributed by atoms with van der Waals surface area (Å²) in [6.45, 7) is 2.38. The molecule has 0 aliphatic rings. The van der Waals surface area contributed by atoms with E-state index in [1.54, 1.807) is 37.3 Å². The van der Waals surface area contributed by atoms with E-state index in [2.05, 4.69) is 10.3 Å². The fourth-order valence-corrected chi connectivity index (χ4v) is 4.26. The third-order valence-corrected chi connectivity index (χ3v) is 6.20. The minimum absolute atomic E-state index is 0.118. The van der Waals surface area contributed by atoms with E-state index in [1.807, 2.05) is 36.4 Å². The summed E-state index contributed by atoms with van der Waals surface area (Å²) >= 11 is 0. The van der Waals surface area contributed by atoms with Crippen LogP contribution in [0.4, 0.5) is 11.5 Å². The number of para-hydroxylation sites is 1. The molecule has 2 N–H and O–H groups in total. The maximum atomic E-state index is 13.0. The van der Waals surface area contributed by atoms with Crippen molar-refractivity contribution < 1.29 is 13.5 Å². The number of aliphatic hydroxyl groups excluding tert-OH is 1. The molecule has 0 radical (unpaired) electrons. The van der Waals surface area contributed by atoms with Gasteiger partial charge >= 0.3 is 0 Å². The fraction of sp³-hybridized carbons (Fsp3) is 0.190. The largest absolute Gasteiger partial charge is 0.387 e. The second kappa shape index (κ2) is 8.86. The van der Waals surface area contributed by atoms with E-state index in [9.17, 15) is 13.5 Å². The number of rotatable bonds is 8. The van der Waals surface area contributed by atoms with Crippen LogP contribution in [0.15, 0.2) is 83.9 Å². The second-order valence-electron chi connectivity index (χ2n) is 6.19. The molecule has 0 amide bonds. The van der Waals surface area contributed by atoms with E-state index in [1.165, 1.54) is 16.6 Å². The summed E-state index contributed by atoms with van der Waals surface area (Å²) in [5.74, 6) is 0.497. The highest BCUT2D eigenvalue weighted by Gasteiger charge is 2.23. The van der Waals surface area contributed by atoms with E-state index in [4.69, 9.17) is 0 Å². The topological polar surface area (TPSA) is 82.5 Å². The molecule has 6 nitrogen and oxygen atoms in total. The normalized spacial score (nSPS) is 12.4. The molecule has 0 aliphatic carbocycles. The number of anilines is 2. The van der Waals surface area contributed by atoms with E-state index in [0.717, 1.165) is 5.56 Å². The lowest BCUT2D eigenvalue weighted by Gasteiger charge is -2.22. The first kappa shape index (κ1) is 19.9. The lowest BCUT2D eigenvalue weighted by atomic mass is 10.1. The van der Waals surface area contributed by atoms with Gasteiger partial charge in [0.05, 0.1) is 11.8 Å². The summed E-state index contributed by atoms with van der Waals surface area (Å²) in [6, 6.07) is 21.4. The predicted molar refractivity (Wildman–Crippen MR) is 111 cm³/mol. The molecule has 28 heavy (non-hydrogen) atoms. The number of hydrogen-bond donors (Lipinski definition) is 2. The van der Waals surface area contributed by atoms with Crippen molar-refractivity contribution in [1.82, 2.24) is 4.98 Å². The Morgan fingerprint density at radius 2 is 1.64 bits per heavy atom. The van der Waals surface area contributed by atoms with E-state index < -0.39 is 16.1 Å². The monoisotopic (exact) mass is 397 g/mol. The summed E-state index contributed by atoms with van der Waals surface area (Å²) in [5.41, 5.74) is 1.41. The zero-order valence-corrected chi connectivity index (χ0v) is 16.4. The minimum atomic E-state index is -3.70. The SMILES string of the molecule is CCN(c1ccccc1)S(=O)(=O)c1ccc(NC[C@H](O)c2ccccc2)nc1. The highest BCUT2D eigenvalue weighted by molar-refractivity contribution is 7.92. The molecule has 0 bridgehead atoms. The molecule has 3 rings (SSSR count). The summed E-state index contributed by atoms with van der Waals surface area (Å²) in [4.78, 5) is 4.31. The van der Waals surface area contributed by atoms with Crippen LogP contribution in [0, 0.1) is 0 Å². The third-order valence-electron chi connectivity index (χ3n) is 4.32. The fourth-order valence-electron chi connectivity index (χ4n) is 2.84. The molecular formula is C21H23N3O3S. The molecule has 0 saturated carbocycles. The summed E-state index contributed by atoms with van der Waals surface area (Å²) in [6.07, 6.45) is 0.651. The van der Waals surface area contributed by atoms with Crippen LogP contribution in [-0.4, -0.2) is 31.6 Å². The van der Waals surface area contributed by atoms with E-state index in [-0.39, 0.29) is 11.4 Å². The first-order valence-electron chi connectivity index (χ1n) is 9.03. The zero-order chi connectivity index (χ0) is 20.0. The van der Waals surface area contributed by atoms with Crippen molar-refractivity contribution in [2.75, 3.05) is 22.7 Å². The Hall–Kier alpha value is -2.90. The van der Waals surface area contributed by atoms with Crippen LogP contribution in [-0.2, 0) is 10.0 Å². The summed E-state index contributed by atoms with van der Waals surface area (Å²) < 4.78 is 27.2. The molecular weight excluding hydrogens is 374 g/mol. The van der Waals surface area contributed by atoms with Crippen LogP contribution >= 0.6 is 0 Å². The van der Waals surface area contributed by atoms with Crippen LogP contribution in [0.25, 0.3) is 0 Å². The maximum absolute atomic E-state index is 13.0. The Morgan fingerprint density at radius 3 is 2.21 bits per heavy atom. The van der Waals surface area contributed by atoms with Gasteiger partial charge in [0.2, 0.25) is 0 Å². The molecule has 146 valence electrons. The van der Waals surface area contributed by atoms with Crippen molar-refractivity contribution >= 4 is 21.5 Å². The highest BCUT2D eigenvalue weighted by Crippen LogP contribution is 2.23. The highest BCUT2D eigenvalue weighted by atomic mass is 32.2. The van der Waals surface area contributed by atoms with Crippen LogP contribution < -0.4 is 9.62 Å². The van der Waals surface area contributed by atoms with Crippen LogP contribution in [0.1, 0.15) is 18.6 Å². The molecule has 3 aromatic rings. The zero-order valence-electron chi connectivity index (χ0n) is 15.6. The lowest BCUT2D eigenvalue weighted by molar-refractivity contribution is 0.191. The molecule has 1 aromatic heterocycles. The number of nitrogens with one attached hydrogen (secondary N) is 1. The van der Waals surface area contributed by atoms with E-state index >= 15 is 0 Å². The second-order valence-corrected chi connectivity index (χ2v) is 8.05. The number of hydrogen-bond acceptors (Lipinski definition) is 5. The van der Waals surface area contributed by atoms with Gasteiger partial charge in [-0.15, -0.1) is 0 Å². The predicted octanol–water partition coefficient (Wildman–Crippen LogP) is 3.44. The number of aliphatic hydroxyl groups is 1. The van der Waals surface area contributed by atoms with Gasteiger partial charge in [0.25, 0.3) is 10.0 Å². The number of sulfonamides is 1. The Bertz CT molecular complexity index is 978. The Labute approximate surface area is 165 Å². The van der Waals surface area contributed by atoms with Crippen molar-refractivity contribution in [3.8, 4) is 0 Å². The van der Waals surface area contributed by atoms with Gasteiger partial charge in [0, 0.05) is 19.3 Å². The van der Waals surface area contributed by atoms with Crippen LogP contribution in [0.3, 0.4) is 0 Å². The summed E-state index contributed by atoms with van der Waals surface area (Å²) in [7, 11) is -3.70. The molecule has 0 aliphatic heterocycles. The first-order chi connectivity index (χ1) is 13.5. The average Bonchev–Trinajstić information content (AvgIpc) is 2.74. The molecule has 1 atom stereocenters. The molecule has 0 fully saturated rings. The van der Waals surface area contributed by atoms with Crippen LogP contribution in [0.2, 0.25) is 0 Å². The first-order valence-corrected chi connectivity index (χ1v) is 10.5. The van der Waals surface area contributed by atoms with Crippen molar-refractivity contribution in [2.24, 2.45) is 0 Å². The van der Waals surface area contributed by atoms with Gasteiger partial charge in [-0.1, -0.05) is 48.5 Å². The summed E-state index contributed by atoms with van der Waals surface area (Å²) in [5, 5.41) is 13.2. The van der Waals surface area contributed by atoms with Gasteiger partial charge in [-0.25, -0.2) is 13.4 Å². The number of nitrogens with zero attached hydrogens (tertiary/aromatic N) is 2. The van der Waals surface area contributed by atoms with Gasteiger partial charge in [0.15, 0.2) is 0 Å². The van der Waals surface area contributed by atoms with Gasteiger partial charge in [-0.3, -0.25) is 4.31 Å². The van der Waals surface area contributed by atoms with Crippen molar-refractivity contribution in [3.63, 3.8) is 0 Å². The minimum Gasteiger partial charge on any atom is -0.387 e. The quantitative estimate of drug-likeness (QED) is 0.608. The molecule has 0 spiro atoms. The number of aromatic nitrogens is 1. The Kier molecular flexibility index (Phi) is 6.28. The molecule has 0 saturated heterocycles. The lowest BCUT2D eigenvalue weighted by Crippen LogP contribution is -2.30. The maximum Gasteiger partial charge on any atom is 0.265 e. The Balaban J connectivity index is 1.71. The molecule has 2 aromatic carbocycles. The molecule has 1 heterocycles. The van der Waals surface area contributed by atoms with Gasteiger partial charge in [-0.05, 0) is 36.8 Å².